The Bertz CT molecular complexity index is 174. The van der Waals surface area contributed by atoms with Gasteiger partial charge in [0.25, 0.3) is 0 Å². The van der Waals surface area contributed by atoms with Crippen molar-refractivity contribution in [3.05, 3.63) is 0 Å². The fraction of sp³-hybridized carbons (Fsp3) is 0.917. The van der Waals surface area contributed by atoms with Crippen molar-refractivity contribution >= 4 is 29.2 Å². The van der Waals surface area contributed by atoms with Gasteiger partial charge < -0.3 is 4.74 Å². The van der Waals surface area contributed by atoms with E-state index in [-0.39, 0.29) is 17.4 Å². The monoisotopic (exact) mass is 268 g/mol. The van der Waals surface area contributed by atoms with Crippen LogP contribution < -0.4 is 0 Å². The summed E-state index contributed by atoms with van der Waals surface area (Å²) in [5.41, 5.74) is 0. The van der Waals surface area contributed by atoms with Gasteiger partial charge in [-0.2, -0.15) is 0 Å². The summed E-state index contributed by atoms with van der Waals surface area (Å²) >= 11 is 11.4. The van der Waals surface area contributed by atoms with Crippen LogP contribution in [0.4, 0.5) is 0 Å². The molecule has 0 fully saturated rings. The topological polar surface area (TPSA) is 26.3 Å². The molecule has 0 heterocycles. The molecule has 0 spiro atoms. The predicted octanol–water partition coefficient (Wildman–Crippen LogP) is 4.47. The van der Waals surface area contributed by atoms with Crippen LogP contribution in [-0.4, -0.2) is 17.4 Å². The molecule has 96 valence electrons. The van der Waals surface area contributed by atoms with Crippen molar-refractivity contribution in [1.29, 1.82) is 0 Å². The lowest BCUT2D eigenvalue weighted by molar-refractivity contribution is -0.141. The Kier molecular flexibility index (Phi) is 11.6. The van der Waals surface area contributed by atoms with E-state index in [1.165, 1.54) is 25.7 Å². The van der Waals surface area contributed by atoms with E-state index in [1.54, 1.807) is 0 Å². The first kappa shape index (κ1) is 16.1. The van der Waals surface area contributed by atoms with Crippen molar-refractivity contribution in [1.82, 2.24) is 0 Å². The first-order valence-corrected chi connectivity index (χ1v) is 7.03. The van der Waals surface area contributed by atoms with Gasteiger partial charge in [-0.3, -0.25) is 4.79 Å². The standard InChI is InChI=1S/C12H22Cl2O2/c1-2-3-4-5-6-7-11(14)8-9-12(15)16-10-13/h11H,2-10H2,1H3. The number of carbonyl (C=O) groups excluding carboxylic acids is 1. The molecule has 4 heteroatoms. The fourth-order valence-corrected chi connectivity index (χ4v) is 1.91. The van der Waals surface area contributed by atoms with Gasteiger partial charge in [0.2, 0.25) is 0 Å². The molecule has 0 N–H and O–H groups in total. The van der Waals surface area contributed by atoms with Crippen molar-refractivity contribution < 1.29 is 9.53 Å². The van der Waals surface area contributed by atoms with Crippen LogP contribution >= 0.6 is 23.2 Å². The number of esters is 1. The van der Waals surface area contributed by atoms with E-state index in [9.17, 15) is 4.79 Å². The third-order valence-electron chi connectivity index (χ3n) is 2.50. The number of ether oxygens (including phenoxy) is 1. The number of alkyl halides is 2. The van der Waals surface area contributed by atoms with E-state index < -0.39 is 0 Å². The third-order valence-corrected chi connectivity index (χ3v) is 3.04. The Morgan fingerprint density at radius 2 is 1.88 bits per heavy atom. The third kappa shape index (κ3) is 10.6. The smallest absolute Gasteiger partial charge is 0.307 e. The molecule has 0 aromatic rings. The number of halogens is 2. The Labute approximate surface area is 109 Å². The molecule has 0 saturated heterocycles. The zero-order valence-electron chi connectivity index (χ0n) is 10.0. The highest BCUT2D eigenvalue weighted by Gasteiger charge is 2.08. The highest BCUT2D eigenvalue weighted by molar-refractivity contribution is 6.20. The Balaban J connectivity index is 3.30. The average molecular weight is 269 g/mol. The lowest BCUT2D eigenvalue weighted by Gasteiger charge is -2.08. The van der Waals surface area contributed by atoms with Crippen LogP contribution in [0.15, 0.2) is 0 Å². The first-order chi connectivity index (χ1) is 7.70. The Morgan fingerprint density at radius 3 is 2.50 bits per heavy atom. The molecule has 2 nitrogen and oxygen atoms in total. The molecule has 0 aromatic heterocycles. The second-order valence-corrected chi connectivity index (χ2v) is 4.80. The van der Waals surface area contributed by atoms with E-state index in [1.807, 2.05) is 0 Å². The predicted molar refractivity (Wildman–Crippen MR) is 69.1 cm³/mol. The second-order valence-electron chi connectivity index (χ2n) is 3.96. The minimum absolute atomic E-state index is 0.0667. The maximum absolute atomic E-state index is 11.0. The molecule has 0 aromatic carbocycles. The highest BCUT2D eigenvalue weighted by atomic mass is 35.5. The molecule has 0 radical (unpaired) electrons. The van der Waals surface area contributed by atoms with Gasteiger partial charge in [-0.15, -0.1) is 11.6 Å². The van der Waals surface area contributed by atoms with Crippen molar-refractivity contribution in [2.24, 2.45) is 0 Å². The molecular weight excluding hydrogens is 247 g/mol. The van der Waals surface area contributed by atoms with Crippen molar-refractivity contribution in [2.45, 2.75) is 63.7 Å². The zero-order chi connectivity index (χ0) is 12.2. The van der Waals surface area contributed by atoms with Crippen LogP contribution in [0.5, 0.6) is 0 Å². The summed E-state index contributed by atoms with van der Waals surface area (Å²) in [7, 11) is 0. The first-order valence-electron chi connectivity index (χ1n) is 6.06. The van der Waals surface area contributed by atoms with Gasteiger partial charge in [0.15, 0.2) is 6.07 Å². The Morgan fingerprint density at radius 1 is 1.19 bits per heavy atom. The number of unbranched alkanes of at least 4 members (excludes halogenated alkanes) is 4. The van der Waals surface area contributed by atoms with Crippen molar-refractivity contribution in [3.63, 3.8) is 0 Å². The molecule has 0 aliphatic rings. The second kappa shape index (κ2) is 11.5. The lowest BCUT2D eigenvalue weighted by Crippen LogP contribution is -2.07. The maximum atomic E-state index is 11.0. The highest BCUT2D eigenvalue weighted by Crippen LogP contribution is 2.15. The van der Waals surface area contributed by atoms with Gasteiger partial charge in [0, 0.05) is 11.8 Å². The van der Waals surface area contributed by atoms with Crippen LogP contribution in [-0.2, 0) is 9.53 Å². The van der Waals surface area contributed by atoms with Gasteiger partial charge in [-0.1, -0.05) is 50.6 Å². The maximum Gasteiger partial charge on any atom is 0.307 e. The van der Waals surface area contributed by atoms with Crippen LogP contribution in [0.1, 0.15) is 58.3 Å². The van der Waals surface area contributed by atoms with E-state index in [0.717, 1.165) is 12.8 Å². The lowest BCUT2D eigenvalue weighted by atomic mass is 10.1. The van der Waals surface area contributed by atoms with Crippen LogP contribution in [0.3, 0.4) is 0 Å². The van der Waals surface area contributed by atoms with Crippen molar-refractivity contribution in [3.8, 4) is 0 Å². The van der Waals surface area contributed by atoms with Crippen LogP contribution in [0.25, 0.3) is 0 Å². The summed E-state index contributed by atoms with van der Waals surface area (Å²) < 4.78 is 4.62. The zero-order valence-corrected chi connectivity index (χ0v) is 11.5. The molecule has 0 aliphatic carbocycles. The largest absolute Gasteiger partial charge is 0.449 e. The molecule has 0 saturated carbocycles. The van der Waals surface area contributed by atoms with E-state index in [4.69, 9.17) is 23.2 Å². The molecular formula is C12H22Cl2O2. The molecule has 0 rings (SSSR count). The summed E-state index contributed by atoms with van der Waals surface area (Å²) in [6.45, 7) is 2.20. The van der Waals surface area contributed by atoms with Crippen LogP contribution in [0.2, 0.25) is 0 Å². The van der Waals surface area contributed by atoms with E-state index in [0.29, 0.717) is 12.8 Å². The van der Waals surface area contributed by atoms with Gasteiger partial charge in [-0.25, -0.2) is 0 Å². The molecule has 1 unspecified atom stereocenters. The SMILES string of the molecule is CCCCCCCC(Cl)CCC(=O)OCCl. The molecule has 16 heavy (non-hydrogen) atoms. The summed E-state index contributed by atoms with van der Waals surface area (Å²) in [6.07, 6.45) is 8.28. The minimum Gasteiger partial charge on any atom is -0.449 e. The molecule has 0 bridgehead atoms. The van der Waals surface area contributed by atoms with E-state index in [2.05, 4.69) is 11.7 Å². The fourth-order valence-electron chi connectivity index (χ4n) is 1.52. The minimum atomic E-state index is -0.258. The number of carbonyl (C=O) groups is 1. The van der Waals surface area contributed by atoms with Gasteiger partial charge in [0.1, 0.15) is 0 Å². The Hall–Kier alpha value is 0.0500. The summed E-state index contributed by atoms with van der Waals surface area (Å²) in [5, 5.41) is 0.0875. The van der Waals surface area contributed by atoms with Gasteiger partial charge >= 0.3 is 5.97 Å². The quantitative estimate of drug-likeness (QED) is 0.332. The summed E-state index contributed by atoms with van der Waals surface area (Å²) in [4.78, 5) is 11.0. The number of rotatable bonds is 10. The van der Waals surface area contributed by atoms with Gasteiger partial charge in [-0.05, 0) is 12.8 Å². The normalized spacial score (nSPS) is 12.4. The number of hydrogen-bond donors (Lipinski definition) is 0. The van der Waals surface area contributed by atoms with Gasteiger partial charge in [0.05, 0.1) is 0 Å². The average Bonchev–Trinajstić information content (AvgIpc) is 2.26. The van der Waals surface area contributed by atoms with Crippen LogP contribution in [0, 0.1) is 0 Å². The molecule has 1 atom stereocenters. The molecule has 0 amide bonds. The van der Waals surface area contributed by atoms with E-state index >= 15 is 0 Å². The summed E-state index contributed by atoms with van der Waals surface area (Å²) in [6, 6.07) is -0.0667. The number of hydrogen-bond acceptors (Lipinski definition) is 2. The van der Waals surface area contributed by atoms with Crippen molar-refractivity contribution in [2.75, 3.05) is 6.07 Å². The molecule has 0 aliphatic heterocycles. The summed E-state index contributed by atoms with van der Waals surface area (Å²) in [5.74, 6) is -0.258.